The topological polar surface area (TPSA) is 86.8 Å². The number of hydrogen-bond donors (Lipinski definition) is 1. The van der Waals surface area contributed by atoms with Crippen LogP contribution in [0, 0.1) is 26.6 Å². The maximum Gasteiger partial charge on any atom is 0.264 e. The lowest BCUT2D eigenvalue weighted by Gasteiger charge is -2.33. The Morgan fingerprint density at radius 2 is 1.57 bits per heavy atom. The van der Waals surface area contributed by atoms with E-state index in [1.807, 2.05) is 19.9 Å². The number of sulfonamides is 1. The zero-order valence-electron chi connectivity index (χ0n) is 24.8. The second-order valence-corrected chi connectivity index (χ2v) is 13.1. The van der Waals surface area contributed by atoms with E-state index >= 15 is 0 Å². The first-order chi connectivity index (χ1) is 20.0. The fourth-order valence-corrected chi connectivity index (χ4v) is 6.88. The van der Waals surface area contributed by atoms with Crippen LogP contribution in [0.2, 0.25) is 0 Å². The van der Waals surface area contributed by atoms with Crippen molar-refractivity contribution in [3.05, 3.63) is 94.8 Å². The van der Waals surface area contributed by atoms with Crippen molar-refractivity contribution >= 4 is 27.5 Å². The number of anilines is 1. The molecule has 1 saturated carbocycles. The molecule has 0 aliphatic heterocycles. The number of amides is 2. The van der Waals surface area contributed by atoms with E-state index < -0.39 is 34.3 Å². The molecule has 1 aliphatic carbocycles. The lowest BCUT2D eigenvalue weighted by Crippen LogP contribution is -2.53. The summed E-state index contributed by atoms with van der Waals surface area (Å²) in [6, 6.07) is 16.9. The Balaban J connectivity index is 1.71. The quantitative estimate of drug-likeness (QED) is 0.321. The second kappa shape index (κ2) is 13.5. The molecule has 42 heavy (non-hydrogen) atoms. The molecule has 0 bridgehead atoms. The monoisotopic (exact) mass is 593 g/mol. The first-order valence-electron chi connectivity index (χ1n) is 14.5. The molecule has 0 unspecified atom stereocenters. The maximum atomic E-state index is 14.8. The zero-order chi connectivity index (χ0) is 30.4. The van der Waals surface area contributed by atoms with Crippen LogP contribution in [0.25, 0.3) is 0 Å². The Hall–Kier alpha value is -3.72. The fourth-order valence-electron chi connectivity index (χ4n) is 5.40. The molecule has 2 amide bonds. The molecule has 0 radical (unpaired) electrons. The molecule has 1 N–H and O–H groups in total. The molecular weight excluding hydrogens is 553 g/mol. The molecule has 3 aromatic rings. The highest BCUT2D eigenvalue weighted by atomic mass is 32.2. The lowest BCUT2D eigenvalue weighted by molar-refractivity contribution is -0.139. The standard InChI is InChI=1S/C33H40FN3O4S/c1-23-14-17-29(18-15-23)42(40,41)37(31-19-16-24(2)20-25(31)3)22-32(38)36(21-27-10-8-9-13-30(27)34)26(4)33(39)35-28-11-6-5-7-12-28/h8-10,13-20,26,28H,5-7,11-12,21-22H2,1-4H3,(H,35,39)/t26-/m0/s1. The van der Waals surface area contributed by atoms with Gasteiger partial charge in [-0.15, -0.1) is 0 Å². The largest absolute Gasteiger partial charge is 0.352 e. The first-order valence-corrected chi connectivity index (χ1v) is 15.9. The van der Waals surface area contributed by atoms with E-state index in [1.54, 1.807) is 56.3 Å². The third-order valence-corrected chi connectivity index (χ3v) is 9.70. The van der Waals surface area contributed by atoms with Crippen molar-refractivity contribution in [2.75, 3.05) is 10.8 Å². The minimum Gasteiger partial charge on any atom is -0.352 e. The Morgan fingerprint density at radius 1 is 0.929 bits per heavy atom. The van der Waals surface area contributed by atoms with Crippen molar-refractivity contribution < 1.29 is 22.4 Å². The molecule has 0 heterocycles. The molecule has 3 aromatic carbocycles. The van der Waals surface area contributed by atoms with E-state index in [0.29, 0.717) is 11.3 Å². The summed E-state index contributed by atoms with van der Waals surface area (Å²) in [5.41, 5.74) is 3.13. The number of benzene rings is 3. The van der Waals surface area contributed by atoms with Gasteiger partial charge in [-0.1, -0.05) is 72.9 Å². The van der Waals surface area contributed by atoms with Crippen molar-refractivity contribution in [1.29, 1.82) is 0 Å². The molecule has 1 atom stereocenters. The number of hydrogen-bond acceptors (Lipinski definition) is 4. The molecule has 1 fully saturated rings. The molecule has 0 aromatic heterocycles. The van der Waals surface area contributed by atoms with Gasteiger partial charge in [0.1, 0.15) is 18.4 Å². The van der Waals surface area contributed by atoms with Crippen LogP contribution in [-0.4, -0.2) is 43.8 Å². The van der Waals surface area contributed by atoms with Crippen molar-refractivity contribution in [2.24, 2.45) is 0 Å². The van der Waals surface area contributed by atoms with Gasteiger partial charge in [-0.05, 0) is 70.4 Å². The van der Waals surface area contributed by atoms with Crippen LogP contribution in [0.15, 0.2) is 71.6 Å². The normalized spacial score (nSPS) is 14.7. The van der Waals surface area contributed by atoms with Crippen molar-refractivity contribution in [3.63, 3.8) is 0 Å². The second-order valence-electron chi connectivity index (χ2n) is 11.2. The SMILES string of the molecule is Cc1ccc(S(=O)(=O)N(CC(=O)N(Cc2ccccc2F)[C@@H](C)C(=O)NC2CCCCC2)c2ccc(C)cc2C)cc1. The molecule has 0 saturated heterocycles. The number of halogens is 1. The van der Waals surface area contributed by atoms with Crippen molar-refractivity contribution in [2.45, 2.75) is 83.3 Å². The van der Waals surface area contributed by atoms with E-state index in [0.717, 1.165) is 47.5 Å². The minimum absolute atomic E-state index is 0.0211. The molecule has 1 aliphatic rings. The molecule has 7 nitrogen and oxygen atoms in total. The predicted octanol–water partition coefficient (Wildman–Crippen LogP) is 5.81. The number of nitrogens with one attached hydrogen (secondary N) is 1. The highest BCUT2D eigenvalue weighted by Crippen LogP contribution is 2.29. The van der Waals surface area contributed by atoms with Gasteiger partial charge < -0.3 is 10.2 Å². The van der Waals surface area contributed by atoms with E-state index in [2.05, 4.69) is 5.32 Å². The number of aryl methyl sites for hydroxylation is 3. The average Bonchev–Trinajstić information content (AvgIpc) is 2.96. The van der Waals surface area contributed by atoms with Gasteiger partial charge in [0, 0.05) is 18.2 Å². The summed E-state index contributed by atoms with van der Waals surface area (Å²) in [5, 5.41) is 3.06. The Bertz CT molecular complexity index is 1520. The van der Waals surface area contributed by atoms with Gasteiger partial charge in [0.15, 0.2) is 0 Å². The molecule has 224 valence electrons. The zero-order valence-corrected chi connectivity index (χ0v) is 25.6. The van der Waals surface area contributed by atoms with E-state index in [1.165, 1.54) is 23.1 Å². The molecule has 9 heteroatoms. The summed E-state index contributed by atoms with van der Waals surface area (Å²) < 4.78 is 43.9. The fraction of sp³-hybridized carbons (Fsp3) is 0.394. The van der Waals surface area contributed by atoms with Crippen LogP contribution >= 0.6 is 0 Å². The van der Waals surface area contributed by atoms with E-state index in [9.17, 15) is 22.4 Å². The first kappa shape index (κ1) is 31.2. The third-order valence-electron chi connectivity index (χ3n) is 7.93. The predicted molar refractivity (Wildman–Crippen MR) is 163 cm³/mol. The smallest absolute Gasteiger partial charge is 0.264 e. The van der Waals surface area contributed by atoms with Crippen LogP contribution in [-0.2, 0) is 26.2 Å². The lowest BCUT2D eigenvalue weighted by atomic mass is 9.95. The Kier molecular flexibility index (Phi) is 10.0. The van der Waals surface area contributed by atoms with Gasteiger partial charge in [-0.3, -0.25) is 13.9 Å². The summed E-state index contributed by atoms with van der Waals surface area (Å²) in [6.07, 6.45) is 4.92. The van der Waals surface area contributed by atoms with E-state index in [4.69, 9.17) is 0 Å². The van der Waals surface area contributed by atoms with Crippen LogP contribution in [0.4, 0.5) is 10.1 Å². The highest BCUT2D eigenvalue weighted by molar-refractivity contribution is 7.92. The maximum absolute atomic E-state index is 14.8. The number of nitrogens with zero attached hydrogens (tertiary/aromatic N) is 2. The molecular formula is C33H40FN3O4S. The number of carbonyl (C=O) groups excluding carboxylic acids is 2. The van der Waals surface area contributed by atoms with Crippen LogP contribution < -0.4 is 9.62 Å². The van der Waals surface area contributed by atoms with Crippen molar-refractivity contribution in [1.82, 2.24) is 10.2 Å². The number of rotatable bonds is 10. The summed E-state index contributed by atoms with van der Waals surface area (Å²) >= 11 is 0. The van der Waals surface area contributed by atoms with Gasteiger partial charge >= 0.3 is 0 Å². The van der Waals surface area contributed by atoms with Gasteiger partial charge in [0.2, 0.25) is 11.8 Å². The highest BCUT2D eigenvalue weighted by Gasteiger charge is 2.34. The summed E-state index contributed by atoms with van der Waals surface area (Å²) in [6.45, 7) is 6.42. The van der Waals surface area contributed by atoms with Crippen LogP contribution in [0.3, 0.4) is 0 Å². The third kappa shape index (κ3) is 7.37. The molecule has 4 rings (SSSR count). The van der Waals surface area contributed by atoms with Gasteiger partial charge in [-0.2, -0.15) is 0 Å². The Morgan fingerprint density at radius 3 is 2.21 bits per heavy atom. The number of carbonyl (C=O) groups is 2. The van der Waals surface area contributed by atoms with Gasteiger partial charge in [0.05, 0.1) is 10.6 Å². The average molecular weight is 594 g/mol. The minimum atomic E-state index is -4.17. The summed E-state index contributed by atoms with van der Waals surface area (Å²) in [4.78, 5) is 28.8. The van der Waals surface area contributed by atoms with E-state index in [-0.39, 0.29) is 29.0 Å². The van der Waals surface area contributed by atoms with Crippen molar-refractivity contribution in [3.8, 4) is 0 Å². The molecule has 0 spiro atoms. The Labute approximate surface area is 248 Å². The van der Waals surface area contributed by atoms with Gasteiger partial charge in [-0.25, -0.2) is 12.8 Å². The van der Waals surface area contributed by atoms with Crippen LogP contribution in [0.5, 0.6) is 0 Å². The summed E-state index contributed by atoms with van der Waals surface area (Å²) in [7, 11) is -4.17. The summed E-state index contributed by atoms with van der Waals surface area (Å²) in [5.74, 6) is -1.46. The van der Waals surface area contributed by atoms with Crippen LogP contribution in [0.1, 0.15) is 61.3 Å². The van der Waals surface area contributed by atoms with Gasteiger partial charge in [0.25, 0.3) is 10.0 Å².